The minimum atomic E-state index is -0.915. The molecule has 0 spiro atoms. The molecule has 1 fully saturated rings. The molecule has 0 aliphatic carbocycles. The van der Waals surface area contributed by atoms with Gasteiger partial charge in [-0.2, -0.15) is 4.98 Å². The Kier molecular flexibility index (Phi) is 8.93. The fourth-order valence-electron chi connectivity index (χ4n) is 5.46. The van der Waals surface area contributed by atoms with Crippen LogP contribution in [-0.2, 0) is 4.79 Å². The van der Waals surface area contributed by atoms with E-state index < -0.39 is 34.3 Å². The first-order valence-electron chi connectivity index (χ1n) is 14.0. The molecule has 1 amide bonds. The number of pyridine rings is 1. The topological polar surface area (TPSA) is 104 Å². The largest absolute Gasteiger partial charge is 0.507 e. The summed E-state index contributed by atoms with van der Waals surface area (Å²) in [6, 6.07) is 4.19. The van der Waals surface area contributed by atoms with Crippen molar-refractivity contribution in [2.45, 2.75) is 53.6 Å². The lowest BCUT2D eigenvalue weighted by atomic mass is 10.0. The van der Waals surface area contributed by atoms with Gasteiger partial charge in [-0.05, 0) is 70.2 Å². The molecule has 11 heteroatoms. The average molecular weight is 591 g/mol. The van der Waals surface area contributed by atoms with E-state index in [9.17, 15) is 19.1 Å². The second-order valence-electron chi connectivity index (χ2n) is 10.9. The van der Waals surface area contributed by atoms with E-state index in [0.717, 1.165) is 12.1 Å². The van der Waals surface area contributed by atoms with Gasteiger partial charge in [-0.1, -0.05) is 32.6 Å². The van der Waals surface area contributed by atoms with Crippen LogP contribution in [0.3, 0.4) is 0 Å². The summed E-state index contributed by atoms with van der Waals surface area (Å²) >= 11 is 0. The Morgan fingerprint density at radius 1 is 1.16 bits per heavy atom. The number of rotatable bonds is 7. The number of aliphatic imine (C=N–C) groups is 1. The molecule has 2 atom stereocenters. The second-order valence-corrected chi connectivity index (χ2v) is 10.9. The fraction of sp³-hybridized carbons (Fsp3) is 0.344. The summed E-state index contributed by atoms with van der Waals surface area (Å²) in [5.74, 6) is -2.51. The van der Waals surface area contributed by atoms with Gasteiger partial charge in [-0.15, -0.1) is 0 Å². The number of piperazine rings is 1. The van der Waals surface area contributed by atoms with E-state index in [1.54, 1.807) is 24.8 Å². The van der Waals surface area contributed by atoms with Crippen molar-refractivity contribution in [2.75, 3.05) is 18.0 Å². The zero-order chi connectivity index (χ0) is 31.7. The van der Waals surface area contributed by atoms with E-state index in [-0.39, 0.29) is 40.8 Å². The molecule has 43 heavy (non-hydrogen) atoms. The van der Waals surface area contributed by atoms with E-state index in [0.29, 0.717) is 30.1 Å². The number of phenolic OH excluding ortho intramolecular Hbond substituents is 1. The lowest BCUT2D eigenvalue weighted by Crippen LogP contribution is -2.58. The van der Waals surface area contributed by atoms with E-state index in [4.69, 9.17) is 0 Å². The highest BCUT2D eigenvalue weighted by Gasteiger charge is 2.34. The number of anilines is 1. The van der Waals surface area contributed by atoms with Crippen molar-refractivity contribution in [3.8, 4) is 17.0 Å². The van der Waals surface area contributed by atoms with Crippen LogP contribution in [0.5, 0.6) is 5.75 Å². The predicted molar refractivity (Wildman–Crippen MR) is 166 cm³/mol. The number of benzene rings is 1. The molecule has 1 aliphatic heterocycles. The molecule has 1 saturated heterocycles. The molecule has 9 nitrogen and oxygen atoms in total. The Balaban J connectivity index is 2.14. The first-order chi connectivity index (χ1) is 20.4. The molecule has 226 valence electrons. The van der Waals surface area contributed by atoms with Crippen LogP contribution in [0, 0.1) is 17.6 Å². The van der Waals surface area contributed by atoms with Crippen molar-refractivity contribution in [1.82, 2.24) is 19.4 Å². The Hall–Kier alpha value is -4.67. The molecular formula is C32H36F2N6O3. The quantitative estimate of drug-likeness (QED) is 0.220. The van der Waals surface area contributed by atoms with Gasteiger partial charge in [0, 0.05) is 25.2 Å². The molecule has 1 N–H and O–H groups in total. The van der Waals surface area contributed by atoms with Crippen molar-refractivity contribution >= 4 is 35.2 Å². The number of hydrogen-bond acceptors (Lipinski definition) is 7. The van der Waals surface area contributed by atoms with Crippen molar-refractivity contribution in [1.29, 1.82) is 0 Å². The number of phenols is 1. The third-order valence-corrected chi connectivity index (χ3v) is 7.74. The molecular weight excluding hydrogens is 554 g/mol. The third-order valence-electron chi connectivity index (χ3n) is 7.74. The van der Waals surface area contributed by atoms with Gasteiger partial charge in [-0.3, -0.25) is 9.79 Å². The van der Waals surface area contributed by atoms with Crippen LogP contribution in [0.1, 0.15) is 41.5 Å². The van der Waals surface area contributed by atoms with E-state index in [2.05, 4.69) is 28.3 Å². The lowest BCUT2D eigenvalue weighted by molar-refractivity contribution is -0.128. The Bertz CT molecular complexity index is 1720. The highest BCUT2D eigenvalue weighted by atomic mass is 19.1. The van der Waals surface area contributed by atoms with Gasteiger partial charge in [0.25, 0.3) is 0 Å². The maximum absolute atomic E-state index is 15.9. The number of aromatic nitrogens is 3. The first-order valence-corrected chi connectivity index (χ1v) is 14.0. The van der Waals surface area contributed by atoms with Gasteiger partial charge < -0.3 is 14.9 Å². The van der Waals surface area contributed by atoms with Crippen molar-refractivity contribution in [3.63, 3.8) is 0 Å². The molecule has 0 bridgehead atoms. The number of carbonyl (C=O) groups excluding carboxylic acids is 1. The number of nitrogens with zero attached hydrogens (tertiary/aromatic N) is 6. The van der Waals surface area contributed by atoms with Crippen LogP contribution in [0.2, 0.25) is 0 Å². The van der Waals surface area contributed by atoms with Crippen molar-refractivity contribution in [3.05, 3.63) is 76.4 Å². The summed E-state index contributed by atoms with van der Waals surface area (Å²) in [4.78, 5) is 43.2. The maximum atomic E-state index is 15.9. The number of aromatic hydroxyl groups is 1. The summed E-state index contributed by atoms with van der Waals surface area (Å²) in [5, 5.41) is 10.7. The maximum Gasteiger partial charge on any atom is 0.355 e. The summed E-state index contributed by atoms with van der Waals surface area (Å²) in [6.07, 6.45) is 3.05. The number of halogens is 2. The average Bonchev–Trinajstić information content (AvgIpc) is 2.96. The molecule has 0 saturated carbocycles. The molecule has 2 aromatic heterocycles. The SMILES string of the molecule is C=CC(=O)N1CC(C)N(c2nc(=O)n(C(/C(C)=C\C)=C(/N=C)C(C)C)c3nc(-c4c(O)cccc4F)c(F)cc23)CC1C. The molecule has 3 heterocycles. The molecule has 2 unspecified atom stereocenters. The Morgan fingerprint density at radius 3 is 2.44 bits per heavy atom. The van der Waals surface area contributed by atoms with Crippen LogP contribution < -0.4 is 10.6 Å². The van der Waals surface area contributed by atoms with Gasteiger partial charge >= 0.3 is 5.69 Å². The van der Waals surface area contributed by atoms with Gasteiger partial charge in [0.05, 0.1) is 22.3 Å². The predicted octanol–water partition coefficient (Wildman–Crippen LogP) is 5.55. The summed E-state index contributed by atoms with van der Waals surface area (Å²) in [5.41, 5.74) is -0.109. The summed E-state index contributed by atoms with van der Waals surface area (Å²) in [6.45, 7) is 19.0. The minimum absolute atomic E-state index is 0.00324. The van der Waals surface area contributed by atoms with Crippen LogP contribution in [0.4, 0.5) is 14.6 Å². The molecule has 1 aromatic carbocycles. The lowest BCUT2D eigenvalue weighted by Gasteiger charge is -2.44. The zero-order valence-corrected chi connectivity index (χ0v) is 25.2. The standard InChI is InChI=1S/C32H36F2N6O3/c1-9-18(5)29(27(35-8)17(3)4)40-31-21(14-23(34)28(36-31)26-22(33)12-11-13-24(26)41)30(37-32(40)43)39-16-19(6)38(15-20(39)7)25(42)10-2/h9-14,17,19-20,41H,2,8,15-16H2,1,3-7H3/b18-9-,29-27+. The van der Waals surface area contributed by atoms with Crippen molar-refractivity contribution < 1.29 is 18.7 Å². The van der Waals surface area contributed by atoms with E-state index in [1.807, 2.05) is 32.6 Å². The highest BCUT2D eigenvalue weighted by Crippen LogP contribution is 2.37. The van der Waals surface area contributed by atoms with Gasteiger partial charge in [0.2, 0.25) is 5.91 Å². The number of allylic oxidation sites excluding steroid dienone is 4. The number of hydrogen-bond donors (Lipinski definition) is 1. The van der Waals surface area contributed by atoms with Gasteiger partial charge in [-0.25, -0.2) is 23.1 Å². The minimum Gasteiger partial charge on any atom is -0.507 e. The third kappa shape index (κ3) is 5.59. The van der Waals surface area contributed by atoms with Crippen LogP contribution in [0.25, 0.3) is 28.0 Å². The van der Waals surface area contributed by atoms with Crippen molar-refractivity contribution in [2.24, 2.45) is 10.9 Å². The number of fused-ring (bicyclic) bond motifs is 1. The molecule has 4 rings (SSSR count). The first kappa shape index (κ1) is 31.3. The van der Waals surface area contributed by atoms with E-state index in [1.165, 1.54) is 22.8 Å². The monoisotopic (exact) mass is 590 g/mol. The highest BCUT2D eigenvalue weighted by molar-refractivity contribution is 5.93. The van der Waals surface area contributed by atoms with Crippen LogP contribution in [-0.4, -0.2) is 62.3 Å². The fourth-order valence-corrected chi connectivity index (χ4v) is 5.46. The molecule has 3 aromatic rings. The normalized spacial score (nSPS) is 18.2. The van der Waals surface area contributed by atoms with Gasteiger partial charge in [0.15, 0.2) is 11.5 Å². The van der Waals surface area contributed by atoms with Gasteiger partial charge in [0.1, 0.15) is 23.1 Å². The van der Waals surface area contributed by atoms with Crippen LogP contribution >= 0.6 is 0 Å². The Morgan fingerprint density at radius 2 is 1.86 bits per heavy atom. The molecule has 0 radical (unpaired) electrons. The number of carbonyl (C=O) groups is 1. The second kappa shape index (κ2) is 12.3. The van der Waals surface area contributed by atoms with Crippen LogP contribution in [0.15, 0.2) is 64.1 Å². The summed E-state index contributed by atoms with van der Waals surface area (Å²) in [7, 11) is 0. The zero-order valence-electron chi connectivity index (χ0n) is 25.2. The molecule has 1 aliphatic rings. The smallest absolute Gasteiger partial charge is 0.355 e. The van der Waals surface area contributed by atoms with E-state index >= 15 is 4.39 Å². The summed E-state index contributed by atoms with van der Waals surface area (Å²) < 4.78 is 32.1. The Labute approximate surface area is 249 Å². The number of amides is 1.